The summed E-state index contributed by atoms with van der Waals surface area (Å²) in [6, 6.07) is 25.5. The van der Waals surface area contributed by atoms with Gasteiger partial charge >= 0.3 is 0 Å². The summed E-state index contributed by atoms with van der Waals surface area (Å²) in [6.07, 6.45) is 3.09. The Labute approximate surface area is 143 Å². The van der Waals surface area contributed by atoms with Crippen LogP contribution in [-0.2, 0) is 6.42 Å². The molecule has 0 heterocycles. The van der Waals surface area contributed by atoms with Crippen molar-refractivity contribution in [2.75, 3.05) is 0 Å². The Kier molecular flexibility index (Phi) is 5.17. The van der Waals surface area contributed by atoms with Crippen molar-refractivity contribution >= 4 is 0 Å². The zero-order valence-electron chi connectivity index (χ0n) is 13.6. The number of hydrogen-bond acceptors (Lipinski definition) is 2. The molecule has 3 rings (SSSR count). The van der Waals surface area contributed by atoms with E-state index in [1.165, 1.54) is 16.7 Å². The van der Waals surface area contributed by atoms with Crippen molar-refractivity contribution in [3.63, 3.8) is 0 Å². The van der Waals surface area contributed by atoms with E-state index < -0.39 is 0 Å². The SMILES string of the molecule is Oc1ccc(CCCC(c2ccccc2)c2ccc(O)cc2)cc1. The van der Waals surface area contributed by atoms with Crippen LogP contribution in [0.15, 0.2) is 78.9 Å². The molecule has 1 atom stereocenters. The molecule has 0 bridgehead atoms. The number of rotatable bonds is 6. The Morgan fingerprint density at radius 2 is 1.17 bits per heavy atom. The smallest absolute Gasteiger partial charge is 0.115 e. The lowest BCUT2D eigenvalue weighted by molar-refractivity contribution is 0.474. The van der Waals surface area contributed by atoms with E-state index >= 15 is 0 Å². The van der Waals surface area contributed by atoms with Crippen molar-refractivity contribution in [1.29, 1.82) is 0 Å². The van der Waals surface area contributed by atoms with Gasteiger partial charge in [-0.05, 0) is 60.2 Å². The summed E-state index contributed by atoms with van der Waals surface area (Å²) in [6.45, 7) is 0. The van der Waals surface area contributed by atoms with E-state index in [-0.39, 0.29) is 0 Å². The molecule has 1 unspecified atom stereocenters. The Morgan fingerprint density at radius 1 is 0.625 bits per heavy atom. The van der Waals surface area contributed by atoms with Gasteiger partial charge in [0.2, 0.25) is 0 Å². The molecule has 0 aromatic heterocycles. The van der Waals surface area contributed by atoms with Crippen LogP contribution in [0.25, 0.3) is 0 Å². The average molecular weight is 318 g/mol. The second kappa shape index (κ2) is 7.69. The highest BCUT2D eigenvalue weighted by molar-refractivity contribution is 5.35. The van der Waals surface area contributed by atoms with Gasteiger partial charge in [-0.1, -0.05) is 54.6 Å². The fourth-order valence-corrected chi connectivity index (χ4v) is 3.09. The van der Waals surface area contributed by atoms with E-state index in [0.29, 0.717) is 17.4 Å². The summed E-state index contributed by atoms with van der Waals surface area (Å²) in [4.78, 5) is 0. The number of aromatic hydroxyl groups is 2. The zero-order valence-corrected chi connectivity index (χ0v) is 13.6. The quantitative estimate of drug-likeness (QED) is 0.651. The molecule has 2 heteroatoms. The monoisotopic (exact) mass is 318 g/mol. The van der Waals surface area contributed by atoms with Gasteiger partial charge in [-0.25, -0.2) is 0 Å². The maximum Gasteiger partial charge on any atom is 0.115 e. The normalized spacial score (nSPS) is 12.0. The van der Waals surface area contributed by atoms with E-state index in [9.17, 15) is 10.2 Å². The first-order valence-electron chi connectivity index (χ1n) is 8.34. The van der Waals surface area contributed by atoms with Crippen LogP contribution in [0, 0.1) is 0 Å². The van der Waals surface area contributed by atoms with Gasteiger partial charge in [0.25, 0.3) is 0 Å². The zero-order chi connectivity index (χ0) is 16.8. The van der Waals surface area contributed by atoms with Gasteiger partial charge in [0.1, 0.15) is 11.5 Å². The third-order valence-corrected chi connectivity index (χ3v) is 4.39. The molecule has 0 aliphatic carbocycles. The van der Waals surface area contributed by atoms with Crippen LogP contribution in [0.3, 0.4) is 0 Å². The highest BCUT2D eigenvalue weighted by atomic mass is 16.3. The lowest BCUT2D eigenvalue weighted by Crippen LogP contribution is -2.02. The molecule has 3 aromatic rings. The second-order valence-electron chi connectivity index (χ2n) is 6.11. The van der Waals surface area contributed by atoms with Crippen molar-refractivity contribution < 1.29 is 10.2 Å². The third-order valence-electron chi connectivity index (χ3n) is 4.39. The van der Waals surface area contributed by atoms with Crippen LogP contribution in [0.4, 0.5) is 0 Å². The minimum Gasteiger partial charge on any atom is -0.508 e. The summed E-state index contributed by atoms with van der Waals surface area (Å²) in [5.41, 5.74) is 3.77. The van der Waals surface area contributed by atoms with Crippen LogP contribution in [0.1, 0.15) is 35.4 Å². The summed E-state index contributed by atoms with van der Waals surface area (Å²) < 4.78 is 0. The van der Waals surface area contributed by atoms with Crippen molar-refractivity contribution in [2.45, 2.75) is 25.2 Å². The standard InChI is InChI=1S/C22H22O2/c23-20-13-9-17(10-14-20)5-4-8-22(18-6-2-1-3-7-18)19-11-15-21(24)16-12-19/h1-3,6-7,9-16,22-24H,4-5,8H2. The molecule has 0 saturated heterocycles. The average Bonchev–Trinajstić information content (AvgIpc) is 2.62. The van der Waals surface area contributed by atoms with Gasteiger partial charge in [0, 0.05) is 5.92 Å². The highest BCUT2D eigenvalue weighted by Crippen LogP contribution is 2.30. The molecule has 0 amide bonds. The van der Waals surface area contributed by atoms with Gasteiger partial charge in [-0.2, -0.15) is 0 Å². The fraction of sp³-hybridized carbons (Fsp3) is 0.182. The number of phenols is 2. The van der Waals surface area contributed by atoms with Gasteiger partial charge in [0.15, 0.2) is 0 Å². The molecule has 0 aliphatic heterocycles. The summed E-state index contributed by atoms with van der Waals surface area (Å²) in [7, 11) is 0. The fourth-order valence-electron chi connectivity index (χ4n) is 3.09. The van der Waals surface area contributed by atoms with E-state index in [1.807, 2.05) is 30.3 Å². The van der Waals surface area contributed by atoms with Gasteiger partial charge in [0.05, 0.1) is 0 Å². The summed E-state index contributed by atoms with van der Waals surface area (Å²) >= 11 is 0. The highest BCUT2D eigenvalue weighted by Gasteiger charge is 2.14. The summed E-state index contributed by atoms with van der Waals surface area (Å²) in [5.74, 6) is 0.934. The number of phenolic OH excluding ortho intramolecular Hbond substituents is 2. The Bertz CT molecular complexity index is 746. The first-order chi connectivity index (χ1) is 11.7. The number of benzene rings is 3. The largest absolute Gasteiger partial charge is 0.508 e. The molecular weight excluding hydrogens is 296 g/mol. The third kappa shape index (κ3) is 4.17. The number of aryl methyl sites for hydroxylation is 1. The molecule has 2 nitrogen and oxygen atoms in total. The van der Waals surface area contributed by atoms with E-state index in [1.54, 1.807) is 24.3 Å². The molecule has 0 spiro atoms. The van der Waals surface area contributed by atoms with E-state index in [2.05, 4.69) is 24.3 Å². The first kappa shape index (κ1) is 16.1. The lowest BCUT2D eigenvalue weighted by Gasteiger charge is -2.18. The van der Waals surface area contributed by atoms with Crippen molar-refractivity contribution in [2.24, 2.45) is 0 Å². The lowest BCUT2D eigenvalue weighted by atomic mass is 9.86. The van der Waals surface area contributed by atoms with Crippen LogP contribution >= 0.6 is 0 Å². The topological polar surface area (TPSA) is 40.5 Å². The molecule has 2 N–H and O–H groups in total. The molecule has 0 aliphatic rings. The van der Waals surface area contributed by atoms with E-state index in [0.717, 1.165) is 19.3 Å². The molecular formula is C22H22O2. The number of hydrogen-bond donors (Lipinski definition) is 2. The Morgan fingerprint density at radius 3 is 1.79 bits per heavy atom. The molecule has 122 valence electrons. The molecule has 24 heavy (non-hydrogen) atoms. The minimum absolute atomic E-state index is 0.301. The van der Waals surface area contributed by atoms with Crippen LogP contribution in [-0.4, -0.2) is 10.2 Å². The van der Waals surface area contributed by atoms with Crippen LogP contribution in [0.5, 0.6) is 11.5 Å². The second-order valence-corrected chi connectivity index (χ2v) is 6.11. The van der Waals surface area contributed by atoms with E-state index in [4.69, 9.17) is 0 Å². The Balaban J connectivity index is 1.73. The maximum absolute atomic E-state index is 9.54. The van der Waals surface area contributed by atoms with Crippen molar-refractivity contribution in [1.82, 2.24) is 0 Å². The summed E-state index contributed by atoms with van der Waals surface area (Å²) in [5, 5.41) is 18.9. The van der Waals surface area contributed by atoms with Gasteiger partial charge in [-0.3, -0.25) is 0 Å². The predicted octanol–water partition coefficient (Wildman–Crippen LogP) is 5.25. The van der Waals surface area contributed by atoms with Crippen LogP contribution < -0.4 is 0 Å². The van der Waals surface area contributed by atoms with Gasteiger partial charge in [-0.15, -0.1) is 0 Å². The molecule has 3 aromatic carbocycles. The maximum atomic E-state index is 9.54. The molecule has 0 fully saturated rings. The predicted molar refractivity (Wildman–Crippen MR) is 97.4 cm³/mol. The van der Waals surface area contributed by atoms with Gasteiger partial charge < -0.3 is 10.2 Å². The van der Waals surface area contributed by atoms with Crippen LogP contribution in [0.2, 0.25) is 0 Å². The first-order valence-corrected chi connectivity index (χ1v) is 8.34. The van der Waals surface area contributed by atoms with Crippen molar-refractivity contribution in [3.8, 4) is 11.5 Å². The molecule has 0 saturated carbocycles. The Hall–Kier alpha value is -2.74. The van der Waals surface area contributed by atoms with Crippen molar-refractivity contribution in [3.05, 3.63) is 95.6 Å². The minimum atomic E-state index is 0.301. The molecule has 0 radical (unpaired) electrons.